The van der Waals surface area contributed by atoms with E-state index in [1.54, 1.807) is 14.2 Å². The highest BCUT2D eigenvalue weighted by Gasteiger charge is 2.11. The van der Waals surface area contributed by atoms with Crippen molar-refractivity contribution < 1.29 is 14.6 Å². The lowest BCUT2D eigenvalue weighted by Gasteiger charge is -2.18. The van der Waals surface area contributed by atoms with Gasteiger partial charge in [-0.05, 0) is 43.1 Å². The van der Waals surface area contributed by atoms with Gasteiger partial charge in [-0.25, -0.2) is 0 Å². The minimum absolute atomic E-state index is 0. The molecule has 2 rings (SSSR count). The van der Waals surface area contributed by atoms with Crippen molar-refractivity contribution in [2.45, 2.75) is 25.5 Å². The SMILES string of the molecule is COc1ccc(C(C)NCCC(O)c2ccccc2)cc1OC.Cl. The van der Waals surface area contributed by atoms with Crippen LogP contribution in [0, 0.1) is 0 Å². The minimum atomic E-state index is -0.443. The molecule has 2 aromatic rings. The molecule has 2 unspecified atom stereocenters. The van der Waals surface area contributed by atoms with Crippen LogP contribution in [0.4, 0.5) is 0 Å². The Kier molecular flexibility index (Phi) is 8.61. The molecule has 0 amide bonds. The molecule has 0 aliphatic carbocycles. The van der Waals surface area contributed by atoms with Gasteiger partial charge in [0.25, 0.3) is 0 Å². The molecule has 2 aromatic carbocycles. The van der Waals surface area contributed by atoms with Crippen molar-refractivity contribution in [2.24, 2.45) is 0 Å². The van der Waals surface area contributed by atoms with Crippen molar-refractivity contribution in [1.82, 2.24) is 5.32 Å². The highest BCUT2D eigenvalue weighted by molar-refractivity contribution is 5.85. The maximum Gasteiger partial charge on any atom is 0.161 e. The molecule has 132 valence electrons. The lowest BCUT2D eigenvalue weighted by molar-refractivity contribution is 0.165. The fourth-order valence-corrected chi connectivity index (χ4v) is 2.52. The number of hydrogen-bond donors (Lipinski definition) is 2. The van der Waals surface area contributed by atoms with Crippen LogP contribution in [0.1, 0.15) is 36.6 Å². The second kappa shape index (κ2) is 10.2. The average Bonchev–Trinajstić information content (AvgIpc) is 2.61. The van der Waals surface area contributed by atoms with Crippen molar-refractivity contribution in [1.29, 1.82) is 0 Å². The molecule has 0 radical (unpaired) electrons. The molecule has 0 aliphatic rings. The molecular weight excluding hydrogens is 326 g/mol. The van der Waals surface area contributed by atoms with E-state index in [0.29, 0.717) is 6.42 Å². The van der Waals surface area contributed by atoms with Crippen LogP contribution in [0.3, 0.4) is 0 Å². The normalized spacial score (nSPS) is 12.8. The van der Waals surface area contributed by atoms with E-state index in [9.17, 15) is 5.11 Å². The summed E-state index contributed by atoms with van der Waals surface area (Å²) in [6.07, 6.45) is 0.225. The van der Waals surface area contributed by atoms with Crippen molar-refractivity contribution in [3.8, 4) is 11.5 Å². The predicted molar refractivity (Wildman–Crippen MR) is 99.2 cm³/mol. The Morgan fingerprint density at radius 1 is 0.958 bits per heavy atom. The Labute approximate surface area is 150 Å². The lowest BCUT2D eigenvalue weighted by Crippen LogP contribution is -2.21. The number of aliphatic hydroxyl groups is 1. The average molecular weight is 352 g/mol. The van der Waals surface area contributed by atoms with E-state index in [1.807, 2.05) is 48.5 Å². The Morgan fingerprint density at radius 3 is 2.25 bits per heavy atom. The quantitative estimate of drug-likeness (QED) is 0.757. The maximum absolute atomic E-state index is 10.2. The lowest BCUT2D eigenvalue weighted by atomic mass is 10.1. The molecule has 4 nitrogen and oxygen atoms in total. The van der Waals surface area contributed by atoms with Crippen molar-refractivity contribution in [3.05, 3.63) is 59.7 Å². The molecule has 5 heteroatoms. The van der Waals surface area contributed by atoms with E-state index < -0.39 is 6.10 Å². The summed E-state index contributed by atoms with van der Waals surface area (Å²) in [4.78, 5) is 0. The molecule has 0 saturated carbocycles. The number of methoxy groups -OCH3 is 2. The van der Waals surface area contributed by atoms with Gasteiger partial charge < -0.3 is 19.9 Å². The first kappa shape index (κ1) is 20.3. The maximum atomic E-state index is 10.2. The molecule has 0 saturated heterocycles. The van der Waals surface area contributed by atoms with Gasteiger partial charge in [-0.15, -0.1) is 12.4 Å². The monoisotopic (exact) mass is 351 g/mol. The molecule has 24 heavy (non-hydrogen) atoms. The fourth-order valence-electron chi connectivity index (χ4n) is 2.52. The largest absolute Gasteiger partial charge is 0.493 e. The van der Waals surface area contributed by atoms with Crippen molar-refractivity contribution in [3.63, 3.8) is 0 Å². The highest BCUT2D eigenvalue weighted by atomic mass is 35.5. The number of benzene rings is 2. The van der Waals surface area contributed by atoms with Gasteiger partial charge in [0.1, 0.15) is 0 Å². The Morgan fingerprint density at radius 2 is 1.62 bits per heavy atom. The Bertz CT molecular complexity index is 607. The van der Waals surface area contributed by atoms with E-state index in [-0.39, 0.29) is 18.4 Å². The molecule has 0 bridgehead atoms. The summed E-state index contributed by atoms with van der Waals surface area (Å²) >= 11 is 0. The molecule has 0 aliphatic heterocycles. The third-order valence-electron chi connectivity index (χ3n) is 3.96. The molecule has 0 heterocycles. The van der Waals surface area contributed by atoms with Gasteiger partial charge >= 0.3 is 0 Å². The smallest absolute Gasteiger partial charge is 0.161 e. The Hall–Kier alpha value is -1.75. The van der Waals surface area contributed by atoms with E-state index in [0.717, 1.165) is 29.2 Å². The molecule has 0 fully saturated rings. The summed E-state index contributed by atoms with van der Waals surface area (Å²) in [6, 6.07) is 15.8. The first-order valence-electron chi connectivity index (χ1n) is 7.84. The molecule has 2 N–H and O–H groups in total. The Balaban J connectivity index is 0.00000288. The van der Waals surface area contributed by atoms with Gasteiger partial charge in [0.05, 0.1) is 20.3 Å². The first-order chi connectivity index (χ1) is 11.2. The van der Waals surface area contributed by atoms with Gasteiger partial charge in [0, 0.05) is 6.04 Å². The molecular formula is C19H26ClNO3. The van der Waals surface area contributed by atoms with E-state index >= 15 is 0 Å². The van der Waals surface area contributed by atoms with Crippen LogP contribution in [0.15, 0.2) is 48.5 Å². The van der Waals surface area contributed by atoms with Gasteiger partial charge in [-0.3, -0.25) is 0 Å². The second-order valence-corrected chi connectivity index (χ2v) is 5.51. The summed E-state index contributed by atoms with van der Waals surface area (Å²) in [5.41, 5.74) is 2.07. The highest BCUT2D eigenvalue weighted by Crippen LogP contribution is 2.29. The zero-order valence-electron chi connectivity index (χ0n) is 14.4. The van der Waals surface area contributed by atoms with Crippen LogP contribution < -0.4 is 14.8 Å². The van der Waals surface area contributed by atoms with Crippen molar-refractivity contribution >= 4 is 12.4 Å². The van der Waals surface area contributed by atoms with Gasteiger partial charge in [-0.2, -0.15) is 0 Å². The standard InChI is InChI=1S/C19H25NO3.ClH/c1-14(16-9-10-18(22-2)19(13-16)23-3)20-12-11-17(21)15-7-5-4-6-8-15;/h4-10,13-14,17,20-21H,11-12H2,1-3H3;1H. The number of ether oxygens (including phenoxy) is 2. The number of rotatable bonds is 8. The zero-order valence-corrected chi connectivity index (χ0v) is 15.2. The van der Waals surface area contributed by atoms with E-state index in [4.69, 9.17) is 9.47 Å². The summed E-state index contributed by atoms with van der Waals surface area (Å²) in [6.45, 7) is 2.82. The van der Waals surface area contributed by atoms with Crippen LogP contribution in [-0.2, 0) is 0 Å². The van der Waals surface area contributed by atoms with Gasteiger partial charge in [0.15, 0.2) is 11.5 Å². The van der Waals surface area contributed by atoms with Crippen molar-refractivity contribution in [2.75, 3.05) is 20.8 Å². The third kappa shape index (κ3) is 5.41. The van der Waals surface area contributed by atoms with Crippen LogP contribution >= 0.6 is 12.4 Å². The topological polar surface area (TPSA) is 50.7 Å². The number of nitrogens with one attached hydrogen (secondary N) is 1. The van der Waals surface area contributed by atoms with Gasteiger partial charge in [0.2, 0.25) is 0 Å². The van der Waals surface area contributed by atoms with Crippen LogP contribution in [0.5, 0.6) is 11.5 Å². The fraction of sp³-hybridized carbons (Fsp3) is 0.368. The summed E-state index contributed by atoms with van der Waals surface area (Å²) < 4.78 is 10.6. The molecule has 0 aromatic heterocycles. The summed E-state index contributed by atoms with van der Waals surface area (Å²) in [5, 5.41) is 13.6. The first-order valence-corrected chi connectivity index (χ1v) is 7.84. The second-order valence-electron chi connectivity index (χ2n) is 5.51. The number of aliphatic hydroxyl groups excluding tert-OH is 1. The predicted octanol–water partition coefficient (Wildman–Crippen LogP) is 3.90. The van der Waals surface area contributed by atoms with E-state index in [2.05, 4.69) is 12.2 Å². The number of hydrogen-bond acceptors (Lipinski definition) is 4. The number of halogens is 1. The summed E-state index contributed by atoms with van der Waals surface area (Å²) in [7, 11) is 3.26. The van der Waals surface area contributed by atoms with Gasteiger partial charge in [-0.1, -0.05) is 36.4 Å². The van der Waals surface area contributed by atoms with Crippen LogP contribution in [-0.4, -0.2) is 25.9 Å². The third-order valence-corrected chi connectivity index (χ3v) is 3.96. The summed E-state index contributed by atoms with van der Waals surface area (Å²) in [5.74, 6) is 1.45. The molecule has 0 spiro atoms. The van der Waals surface area contributed by atoms with Crippen LogP contribution in [0.25, 0.3) is 0 Å². The molecule has 2 atom stereocenters. The minimum Gasteiger partial charge on any atom is -0.493 e. The van der Waals surface area contributed by atoms with Crippen LogP contribution in [0.2, 0.25) is 0 Å². The van der Waals surface area contributed by atoms with E-state index in [1.165, 1.54) is 0 Å². The zero-order chi connectivity index (χ0) is 16.7.